The summed E-state index contributed by atoms with van der Waals surface area (Å²) < 4.78 is 46.8. The maximum atomic E-state index is 16.0. The Morgan fingerprint density at radius 3 is 2.36 bits per heavy atom. The van der Waals surface area contributed by atoms with Gasteiger partial charge in [0.05, 0.1) is 17.1 Å². The number of hydrogen-bond donors (Lipinski definition) is 1. The van der Waals surface area contributed by atoms with Crippen molar-refractivity contribution in [3.63, 3.8) is 0 Å². The van der Waals surface area contributed by atoms with Crippen LogP contribution in [0.3, 0.4) is 0 Å². The third-order valence-electron chi connectivity index (χ3n) is 9.06. The molecule has 6 nitrogen and oxygen atoms in total. The Bertz CT molecular complexity index is 1620. The molecule has 0 aliphatic carbocycles. The molecule has 4 atom stereocenters. The lowest BCUT2D eigenvalue weighted by Crippen LogP contribution is -2.52. The highest BCUT2D eigenvalue weighted by Gasteiger charge is 2.63. The summed E-state index contributed by atoms with van der Waals surface area (Å²) in [7, 11) is 0. The quantitative estimate of drug-likeness (QED) is 0.340. The molecule has 0 spiro atoms. The van der Waals surface area contributed by atoms with Gasteiger partial charge in [0.15, 0.2) is 0 Å². The number of halogens is 5. The molecule has 2 aliphatic rings. The van der Waals surface area contributed by atoms with Crippen LogP contribution in [-0.4, -0.2) is 52.8 Å². The van der Waals surface area contributed by atoms with Gasteiger partial charge in [-0.15, -0.1) is 0 Å². The third kappa shape index (κ3) is 5.67. The van der Waals surface area contributed by atoms with Crippen molar-refractivity contribution >= 4 is 35.0 Å². The maximum Gasteiger partial charge on any atom is 0.238 e. The summed E-state index contributed by atoms with van der Waals surface area (Å²) in [5.41, 5.74) is -1.68. The summed E-state index contributed by atoms with van der Waals surface area (Å²) in [6, 6.07) is 14.1. The molecule has 0 aromatic heterocycles. The van der Waals surface area contributed by atoms with E-state index >= 15 is 13.2 Å². The number of carbonyl (C=O) groups excluding carboxylic acids is 2. The molecule has 2 saturated heterocycles. The van der Waals surface area contributed by atoms with E-state index in [1.807, 2.05) is 0 Å². The van der Waals surface area contributed by atoms with E-state index in [1.165, 1.54) is 49.4 Å². The van der Waals surface area contributed by atoms with E-state index in [2.05, 4.69) is 11.4 Å². The minimum Gasteiger partial charge on any atom is -0.352 e. The van der Waals surface area contributed by atoms with E-state index < -0.39 is 46.8 Å². The van der Waals surface area contributed by atoms with Crippen molar-refractivity contribution in [2.45, 2.75) is 62.7 Å². The SMILES string of the molecule is CC(=O)N1CCC(NC(=O)[C@H]2[C@H](c3cccc(Cl)c3F)[C@@](C#N)(c3ccc(Cl)cc3F)[C@@H](C)N2Cc2ccccc2F)CC1. The Labute approximate surface area is 264 Å². The number of nitrogens with one attached hydrogen (secondary N) is 1. The molecule has 0 radical (unpaired) electrons. The summed E-state index contributed by atoms with van der Waals surface area (Å²) in [5.74, 6) is -3.99. The van der Waals surface area contributed by atoms with Crippen molar-refractivity contribution in [2.75, 3.05) is 13.1 Å². The molecular formula is C33H31Cl2F3N4O2. The molecule has 230 valence electrons. The Kier molecular flexibility index (Phi) is 9.26. The molecule has 0 unspecified atom stereocenters. The van der Waals surface area contributed by atoms with Crippen molar-refractivity contribution in [1.82, 2.24) is 15.1 Å². The van der Waals surface area contributed by atoms with Gasteiger partial charge in [0.25, 0.3) is 0 Å². The van der Waals surface area contributed by atoms with Crippen LogP contribution in [0, 0.1) is 28.8 Å². The number of carbonyl (C=O) groups is 2. The van der Waals surface area contributed by atoms with Crippen LogP contribution >= 0.6 is 23.2 Å². The molecule has 2 fully saturated rings. The molecule has 0 bridgehead atoms. The van der Waals surface area contributed by atoms with Crippen LogP contribution in [0.2, 0.25) is 10.0 Å². The normalized spacial score (nSPS) is 24.2. The van der Waals surface area contributed by atoms with Crippen molar-refractivity contribution < 1.29 is 22.8 Å². The average molecular weight is 644 g/mol. The monoisotopic (exact) mass is 642 g/mol. The fourth-order valence-corrected chi connectivity index (χ4v) is 7.15. The van der Waals surface area contributed by atoms with Crippen LogP contribution < -0.4 is 5.32 Å². The van der Waals surface area contributed by atoms with Gasteiger partial charge in [-0.3, -0.25) is 14.5 Å². The smallest absolute Gasteiger partial charge is 0.238 e. The molecule has 11 heteroatoms. The number of nitriles is 1. The molecule has 44 heavy (non-hydrogen) atoms. The standard InChI is InChI=1S/C33H31Cl2F3N4O2/c1-19-33(18-39,25-11-10-22(34)16-28(25)37)29(24-7-5-8-26(35)30(24)38)31(42(19)17-21-6-3-4-9-27(21)36)32(44)40-23-12-14-41(15-13-23)20(2)43/h3-11,16,19,23,29,31H,12-15,17H2,1-2H3,(H,40,44)/t19-,29+,31-,33-/m1/s1. The van der Waals surface area contributed by atoms with Gasteiger partial charge in [-0.1, -0.05) is 59.6 Å². The lowest BCUT2D eigenvalue weighted by atomic mass is 9.65. The van der Waals surface area contributed by atoms with Crippen LogP contribution in [0.25, 0.3) is 0 Å². The minimum atomic E-state index is -1.83. The summed E-state index contributed by atoms with van der Waals surface area (Å²) >= 11 is 12.3. The molecule has 2 aliphatic heterocycles. The molecule has 3 aromatic carbocycles. The van der Waals surface area contributed by atoms with E-state index in [1.54, 1.807) is 28.9 Å². The Morgan fingerprint density at radius 2 is 1.73 bits per heavy atom. The first-order chi connectivity index (χ1) is 21.0. The topological polar surface area (TPSA) is 76.4 Å². The first-order valence-corrected chi connectivity index (χ1v) is 15.1. The number of benzene rings is 3. The largest absolute Gasteiger partial charge is 0.352 e. The first-order valence-electron chi connectivity index (χ1n) is 14.3. The predicted octanol–water partition coefficient (Wildman–Crippen LogP) is 6.36. The van der Waals surface area contributed by atoms with Crippen LogP contribution in [0.4, 0.5) is 13.2 Å². The first kappa shape index (κ1) is 31.8. The van der Waals surface area contributed by atoms with E-state index in [4.69, 9.17) is 23.2 Å². The zero-order valence-corrected chi connectivity index (χ0v) is 25.7. The van der Waals surface area contributed by atoms with Gasteiger partial charge in [0.1, 0.15) is 22.9 Å². The second kappa shape index (κ2) is 12.8. The highest BCUT2D eigenvalue weighted by atomic mass is 35.5. The highest BCUT2D eigenvalue weighted by molar-refractivity contribution is 6.31. The number of rotatable bonds is 6. The minimum absolute atomic E-state index is 0.0390. The van der Waals surface area contributed by atoms with Gasteiger partial charge >= 0.3 is 0 Å². The molecule has 2 amide bonds. The molecular weight excluding hydrogens is 612 g/mol. The molecule has 1 N–H and O–H groups in total. The van der Waals surface area contributed by atoms with Crippen molar-refractivity contribution in [2.24, 2.45) is 0 Å². The van der Waals surface area contributed by atoms with E-state index in [9.17, 15) is 14.9 Å². The summed E-state index contributed by atoms with van der Waals surface area (Å²) in [4.78, 5) is 29.6. The van der Waals surface area contributed by atoms with Gasteiger partial charge in [-0.2, -0.15) is 5.26 Å². The fraction of sp³-hybridized carbons (Fsp3) is 0.364. The van der Waals surface area contributed by atoms with Gasteiger partial charge in [-0.05, 0) is 49.6 Å². The van der Waals surface area contributed by atoms with Gasteiger partial charge in [0.2, 0.25) is 11.8 Å². The zero-order chi connectivity index (χ0) is 31.8. The number of hydrogen-bond acceptors (Lipinski definition) is 4. The van der Waals surface area contributed by atoms with Gasteiger partial charge in [-0.25, -0.2) is 13.2 Å². The third-order valence-corrected chi connectivity index (χ3v) is 9.59. The summed E-state index contributed by atoms with van der Waals surface area (Å²) in [5, 5.41) is 13.9. The van der Waals surface area contributed by atoms with Crippen LogP contribution in [0.1, 0.15) is 49.3 Å². The van der Waals surface area contributed by atoms with Crippen LogP contribution in [0.5, 0.6) is 0 Å². The van der Waals surface area contributed by atoms with E-state index in [-0.39, 0.29) is 45.2 Å². The second-order valence-corrected chi connectivity index (χ2v) is 12.2. The van der Waals surface area contributed by atoms with Crippen LogP contribution in [0.15, 0.2) is 60.7 Å². The number of nitrogens with zero attached hydrogens (tertiary/aromatic N) is 3. The van der Waals surface area contributed by atoms with Crippen molar-refractivity contribution in [3.05, 3.63) is 105 Å². The van der Waals surface area contributed by atoms with Gasteiger partial charge < -0.3 is 10.2 Å². The molecule has 5 rings (SSSR count). The Morgan fingerprint density at radius 1 is 1.02 bits per heavy atom. The predicted molar refractivity (Wildman–Crippen MR) is 161 cm³/mol. The number of amides is 2. The Balaban J connectivity index is 1.69. The van der Waals surface area contributed by atoms with E-state index in [0.717, 1.165) is 6.07 Å². The zero-order valence-electron chi connectivity index (χ0n) is 24.2. The molecule has 3 aromatic rings. The fourth-order valence-electron chi connectivity index (χ4n) is 6.81. The lowest BCUT2D eigenvalue weighted by molar-refractivity contribution is -0.130. The van der Waals surface area contributed by atoms with Crippen LogP contribution in [-0.2, 0) is 21.5 Å². The van der Waals surface area contributed by atoms with E-state index in [0.29, 0.717) is 25.9 Å². The summed E-state index contributed by atoms with van der Waals surface area (Å²) in [6.45, 7) is 3.93. The second-order valence-electron chi connectivity index (χ2n) is 11.4. The highest BCUT2D eigenvalue weighted by Crippen LogP contribution is 2.54. The Hall–Kier alpha value is -3.58. The number of likely N-dealkylation sites (tertiary alicyclic amines) is 2. The molecule has 2 heterocycles. The molecule has 0 saturated carbocycles. The van der Waals surface area contributed by atoms with Gasteiger partial charge in [0, 0.05) is 60.7 Å². The summed E-state index contributed by atoms with van der Waals surface area (Å²) in [6.07, 6.45) is 0.985. The average Bonchev–Trinajstić information content (AvgIpc) is 3.23. The van der Waals surface area contributed by atoms with Crippen molar-refractivity contribution in [1.29, 1.82) is 5.26 Å². The number of piperidine rings is 1. The van der Waals surface area contributed by atoms with Crippen molar-refractivity contribution in [3.8, 4) is 6.07 Å². The lowest BCUT2D eigenvalue weighted by Gasteiger charge is -2.35. The maximum absolute atomic E-state index is 16.0.